The second kappa shape index (κ2) is 10.1. The molecule has 0 spiro atoms. The maximum Gasteiger partial charge on any atom is 0.426 e. The number of aliphatic hydroxyl groups is 2. The average molecular weight is 571 g/mol. The number of benzene rings is 2. The van der Waals surface area contributed by atoms with Crippen molar-refractivity contribution in [2.75, 3.05) is 17.2 Å². The zero-order valence-electron chi connectivity index (χ0n) is 22.0. The summed E-state index contributed by atoms with van der Waals surface area (Å²) in [6.07, 6.45) is -3.82. The number of hydrogen-bond donors (Lipinski definition) is 4. The Labute approximate surface area is 231 Å². The fourth-order valence-corrected chi connectivity index (χ4v) is 4.21. The van der Waals surface area contributed by atoms with Crippen molar-refractivity contribution in [1.29, 1.82) is 0 Å². The molecule has 4 N–H and O–H groups in total. The van der Waals surface area contributed by atoms with E-state index in [0.717, 1.165) is 0 Å². The fourth-order valence-electron chi connectivity index (χ4n) is 4.21. The van der Waals surface area contributed by atoms with Crippen LogP contribution >= 0.6 is 0 Å². The van der Waals surface area contributed by atoms with E-state index in [2.05, 4.69) is 30.8 Å². The van der Waals surface area contributed by atoms with Gasteiger partial charge in [0.05, 0.1) is 23.8 Å². The number of esters is 1. The lowest BCUT2D eigenvalue weighted by molar-refractivity contribution is -0.266. The topological polar surface area (TPSA) is 156 Å². The molecule has 0 bridgehead atoms. The Morgan fingerprint density at radius 3 is 2.49 bits per heavy atom. The van der Waals surface area contributed by atoms with Gasteiger partial charge in [0, 0.05) is 17.4 Å². The van der Waals surface area contributed by atoms with Crippen molar-refractivity contribution >= 4 is 23.4 Å². The Balaban J connectivity index is 1.53. The summed E-state index contributed by atoms with van der Waals surface area (Å²) in [5, 5.41) is 33.2. The highest BCUT2D eigenvalue weighted by Crippen LogP contribution is 2.40. The number of cyclic esters (lactones) is 1. The zero-order valence-corrected chi connectivity index (χ0v) is 22.0. The normalized spacial score (nSPS) is 16.4. The van der Waals surface area contributed by atoms with Gasteiger partial charge in [-0.3, -0.25) is 0 Å². The molecule has 3 heterocycles. The molecule has 214 valence electrons. The lowest BCUT2D eigenvalue weighted by Crippen LogP contribution is -2.39. The number of rotatable bonds is 8. The molecule has 11 nitrogen and oxygen atoms in total. The van der Waals surface area contributed by atoms with Gasteiger partial charge < -0.3 is 30.0 Å². The minimum Gasteiger partial charge on any atom is -0.451 e. The molecule has 0 aliphatic carbocycles. The number of nitrogens with one attached hydrogen (secondary N) is 2. The van der Waals surface area contributed by atoms with Gasteiger partial charge in [0.2, 0.25) is 11.5 Å². The third-order valence-electron chi connectivity index (χ3n) is 6.60. The van der Waals surface area contributed by atoms with Gasteiger partial charge in [-0.2, -0.15) is 18.2 Å². The van der Waals surface area contributed by atoms with Crippen LogP contribution < -0.4 is 10.6 Å². The molecule has 1 aliphatic rings. The third kappa shape index (κ3) is 5.30. The van der Waals surface area contributed by atoms with Gasteiger partial charge in [0.15, 0.2) is 0 Å². The van der Waals surface area contributed by atoms with Gasteiger partial charge in [0.1, 0.15) is 11.4 Å². The van der Waals surface area contributed by atoms with Crippen molar-refractivity contribution in [3.8, 4) is 11.5 Å². The number of carbonyl (C=O) groups is 1. The first-order chi connectivity index (χ1) is 19.3. The van der Waals surface area contributed by atoms with Gasteiger partial charge >= 0.3 is 12.1 Å². The van der Waals surface area contributed by atoms with E-state index in [1.54, 1.807) is 62.4 Å². The number of aromatic nitrogens is 4. The fraction of sp³-hybridized carbons (Fsp3) is 0.296. The molecule has 0 saturated carbocycles. The monoisotopic (exact) mass is 570 g/mol. The first-order valence-electron chi connectivity index (χ1n) is 12.4. The highest BCUT2D eigenvalue weighted by molar-refractivity contribution is 5.95. The second-order valence-electron chi connectivity index (χ2n) is 10.0. The molecule has 2 atom stereocenters. The summed E-state index contributed by atoms with van der Waals surface area (Å²) in [7, 11) is 0. The summed E-state index contributed by atoms with van der Waals surface area (Å²) in [6.45, 7) is 3.67. The molecule has 14 heteroatoms. The van der Waals surface area contributed by atoms with Crippen LogP contribution in [0.25, 0.3) is 11.5 Å². The zero-order chi connectivity index (χ0) is 29.6. The molecular weight excluding hydrogens is 545 g/mol. The minimum atomic E-state index is -5.07. The van der Waals surface area contributed by atoms with Crippen LogP contribution in [0, 0.1) is 0 Å². The van der Waals surface area contributed by atoms with Crippen LogP contribution in [0.5, 0.6) is 0 Å². The maximum absolute atomic E-state index is 13.4. The smallest absolute Gasteiger partial charge is 0.426 e. The molecule has 0 amide bonds. The molecule has 1 unspecified atom stereocenters. The number of nitrogens with zero attached hydrogens (tertiary/aromatic N) is 4. The molecule has 0 radical (unpaired) electrons. The number of alkyl halides is 3. The SMILES string of the molecule is CC1(C)OC(=O)c2ccc(Nc3ncc(-c4nnc(C(C)(O)C(F)(F)F)o4)c(N[C@H](CO)c4ccccc4)n3)cc21. The van der Waals surface area contributed by atoms with Crippen molar-refractivity contribution in [2.24, 2.45) is 0 Å². The number of fused-ring (bicyclic) bond motifs is 1. The van der Waals surface area contributed by atoms with Crippen LogP contribution in [0.2, 0.25) is 0 Å². The first kappa shape index (κ1) is 28.0. The van der Waals surface area contributed by atoms with E-state index in [1.165, 1.54) is 6.20 Å². The number of aliphatic hydroxyl groups excluding tert-OH is 1. The second-order valence-corrected chi connectivity index (χ2v) is 10.0. The average Bonchev–Trinajstić information content (AvgIpc) is 3.50. The first-order valence-corrected chi connectivity index (χ1v) is 12.4. The third-order valence-corrected chi connectivity index (χ3v) is 6.60. The largest absolute Gasteiger partial charge is 0.451 e. The molecule has 5 rings (SSSR count). The van der Waals surface area contributed by atoms with Crippen LogP contribution in [-0.4, -0.2) is 49.1 Å². The van der Waals surface area contributed by atoms with Crippen molar-refractivity contribution in [3.63, 3.8) is 0 Å². The molecule has 2 aromatic carbocycles. The van der Waals surface area contributed by atoms with Crippen molar-refractivity contribution < 1.29 is 37.3 Å². The molecule has 0 saturated heterocycles. The van der Waals surface area contributed by atoms with E-state index in [4.69, 9.17) is 9.15 Å². The Bertz CT molecular complexity index is 1590. The number of anilines is 3. The predicted octanol–water partition coefficient (Wildman–Crippen LogP) is 4.59. The van der Waals surface area contributed by atoms with Crippen molar-refractivity contribution in [1.82, 2.24) is 20.2 Å². The van der Waals surface area contributed by atoms with Crippen LogP contribution in [0.15, 0.2) is 59.1 Å². The van der Waals surface area contributed by atoms with E-state index < -0.39 is 41.2 Å². The Hall–Kier alpha value is -4.56. The summed E-state index contributed by atoms with van der Waals surface area (Å²) in [5.74, 6) is -1.76. The summed E-state index contributed by atoms with van der Waals surface area (Å²) in [4.78, 5) is 20.9. The quantitative estimate of drug-likeness (QED) is 0.220. The van der Waals surface area contributed by atoms with Crippen LogP contribution in [0.1, 0.15) is 54.2 Å². The van der Waals surface area contributed by atoms with E-state index in [9.17, 15) is 28.2 Å². The van der Waals surface area contributed by atoms with Crippen molar-refractivity contribution in [3.05, 3.63) is 77.3 Å². The number of hydrogen-bond acceptors (Lipinski definition) is 11. The maximum atomic E-state index is 13.4. The molecule has 4 aromatic rings. The van der Waals surface area contributed by atoms with Gasteiger partial charge in [-0.25, -0.2) is 9.78 Å². The van der Waals surface area contributed by atoms with E-state index in [0.29, 0.717) is 29.3 Å². The van der Waals surface area contributed by atoms with E-state index in [-0.39, 0.29) is 23.9 Å². The predicted molar refractivity (Wildman–Crippen MR) is 139 cm³/mol. The number of halogens is 3. The highest BCUT2D eigenvalue weighted by Gasteiger charge is 2.55. The molecular formula is C27H25F3N6O5. The summed E-state index contributed by atoms with van der Waals surface area (Å²) in [5.41, 5.74) is -1.85. The lowest BCUT2D eigenvalue weighted by Gasteiger charge is -2.21. The standard InChI is InChI=1S/C27H25F3N6O5/c1-25(2)18-11-15(9-10-16(18)22(38)41-25)32-24-31-12-17(21-35-36-23(40-21)26(3,39)27(28,29)30)20(34-24)33-19(13-37)14-7-5-4-6-8-14/h4-12,19,37,39H,13H2,1-3H3,(H2,31,32,33,34)/t19-,26?/m1/s1. The van der Waals surface area contributed by atoms with Crippen molar-refractivity contribution in [2.45, 2.75) is 44.2 Å². The van der Waals surface area contributed by atoms with E-state index in [1.807, 2.05) is 0 Å². The number of ether oxygens (including phenoxy) is 1. The molecule has 0 fully saturated rings. The Morgan fingerprint density at radius 2 is 1.80 bits per heavy atom. The number of carbonyl (C=O) groups excluding carboxylic acids is 1. The van der Waals surface area contributed by atoms with Gasteiger partial charge in [-0.05, 0) is 44.5 Å². The van der Waals surface area contributed by atoms with Crippen LogP contribution in [0.3, 0.4) is 0 Å². The Morgan fingerprint density at radius 1 is 1.07 bits per heavy atom. The van der Waals surface area contributed by atoms with Gasteiger partial charge in [-0.1, -0.05) is 30.3 Å². The van der Waals surface area contributed by atoms with E-state index >= 15 is 0 Å². The van der Waals surface area contributed by atoms with Crippen LogP contribution in [-0.2, 0) is 15.9 Å². The van der Waals surface area contributed by atoms with Gasteiger partial charge in [0.25, 0.3) is 11.8 Å². The molecule has 1 aliphatic heterocycles. The Kier molecular flexibility index (Phi) is 6.91. The highest BCUT2D eigenvalue weighted by atomic mass is 19.4. The summed E-state index contributed by atoms with van der Waals surface area (Å²) in [6, 6.07) is 13.2. The summed E-state index contributed by atoms with van der Waals surface area (Å²) >= 11 is 0. The molecule has 41 heavy (non-hydrogen) atoms. The van der Waals surface area contributed by atoms with Crippen LogP contribution in [0.4, 0.5) is 30.6 Å². The lowest BCUT2D eigenvalue weighted by atomic mass is 9.95. The van der Waals surface area contributed by atoms with Gasteiger partial charge in [-0.15, -0.1) is 10.2 Å². The minimum absolute atomic E-state index is 0.0238. The molecule has 2 aromatic heterocycles. The summed E-state index contributed by atoms with van der Waals surface area (Å²) < 4.78 is 50.7.